The highest BCUT2D eigenvalue weighted by Crippen LogP contribution is 2.11. The van der Waals surface area contributed by atoms with E-state index in [2.05, 4.69) is 27.0 Å². The Bertz CT molecular complexity index is 275. The number of aryl methyl sites for hydroxylation is 1. The number of nitrogens with zero attached hydrogens (tertiary/aromatic N) is 3. The fourth-order valence-corrected chi connectivity index (χ4v) is 2.02. The molecule has 14 heavy (non-hydrogen) atoms. The van der Waals surface area contributed by atoms with Crippen LogP contribution >= 0.6 is 0 Å². The van der Waals surface area contributed by atoms with Crippen molar-refractivity contribution in [2.45, 2.75) is 45.2 Å². The topological polar surface area (TPSA) is 42.7 Å². The Hall–Kier alpha value is -0.900. The minimum absolute atomic E-state index is 0.609. The number of aromatic nitrogens is 3. The number of rotatable bonds is 3. The zero-order valence-electron chi connectivity index (χ0n) is 8.74. The van der Waals surface area contributed by atoms with Gasteiger partial charge in [0.25, 0.3) is 0 Å². The van der Waals surface area contributed by atoms with E-state index in [4.69, 9.17) is 0 Å². The third-order valence-electron chi connectivity index (χ3n) is 2.88. The third-order valence-corrected chi connectivity index (χ3v) is 2.88. The zero-order valence-corrected chi connectivity index (χ0v) is 8.74. The quantitative estimate of drug-likeness (QED) is 0.780. The summed E-state index contributed by atoms with van der Waals surface area (Å²) in [6.45, 7) is 4.25. The van der Waals surface area contributed by atoms with Gasteiger partial charge in [0.1, 0.15) is 12.2 Å². The summed E-state index contributed by atoms with van der Waals surface area (Å²) < 4.78 is 2.12. The van der Waals surface area contributed by atoms with Gasteiger partial charge >= 0.3 is 0 Å². The monoisotopic (exact) mass is 194 g/mol. The van der Waals surface area contributed by atoms with Crippen molar-refractivity contribution in [2.24, 2.45) is 0 Å². The molecule has 4 heteroatoms. The summed E-state index contributed by atoms with van der Waals surface area (Å²) in [6, 6.07) is 0.609. The van der Waals surface area contributed by atoms with Crippen LogP contribution in [0.5, 0.6) is 0 Å². The Morgan fingerprint density at radius 1 is 1.57 bits per heavy atom. The van der Waals surface area contributed by atoms with Crippen molar-refractivity contribution >= 4 is 0 Å². The molecular weight excluding hydrogens is 176 g/mol. The Kier molecular flexibility index (Phi) is 3.14. The van der Waals surface area contributed by atoms with Gasteiger partial charge in [-0.3, -0.25) is 0 Å². The van der Waals surface area contributed by atoms with Gasteiger partial charge in [-0.1, -0.05) is 6.42 Å². The van der Waals surface area contributed by atoms with E-state index in [0.717, 1.165) is 25.3 Å². The Labute approximate surface area is 84.7 Å². The molecule has 0 saturated carbocycles. The molecule has 2 rings (SSSR count). The van der Waals surface area contributed by atoms with Gasteiger partial charge in [0.2, 0.25) is 0 Å². The summed E-state index contributed by atoms with van der Waals surface area (Å²) in [5, 5.41) is 11.6. The summed E-state index contributed by atoms with van der Waals surface area (Å²) in [5.41, 5.74) is 0. The predicted octanol–water partition coefficient (Wildman–Crippen LogP) is 0.983. The van der Waals surface area contributed by atoms with Crippen LogP contribution in [-0.2, 0) is 13.0 Å². The molecular formula is C10H18N4. The van der Waals surface area contributed by atoms with Crippen LogP contribution in [0.2, 0.25) is 0 Å². The normalized spacial score (nSPS) is 22.5. The van der Waals surface area contributed by atoms with Crippen molar-refractivity contribution in [3.8, 4) is 0 Å². The predicted molar refractivity (Wildman–Crippen MR) is 55.0 cm³/mol. The molecule has 0 aliphatic carbocycles. The second kappa shape index (κ2) is 4.55. The van der Waals surface area contributed by atoms with E-state index in [1.807, 2.05) is 6.33 Å². The highest BCUT2D eigenvalue weighted by atomic mass is 15.3. The largest absolute Gasteiger partial charge is 0.318 e. The lowest BCUT2D eigenvalue weighted by Gasteiger charge is -2.22. The van der Waals surface area contributed by atoms with E-state index in [-0.39, 0.29) is 0 Å². The highest BCUT2D eigenvalue weighted by molar-refractivity contribution is 4.91. The second-order valence-electron chi connectivity index (χ2n) is 3.88. The maximum absolute atomic E-state index is 4.15. The van der Waals surface area contributed by atoms with Gasteiger partial charge in [-0.05, 0) is 26.3 Å². The molecule has 1 fully saturated rings. The van der Waals surface area contributed by atoms with Crippen LogP contribution in [-0.4, -0.2) is 27.4 Å². The van der Waals surface area contributed by atoms with Crippen molar-refractivity contribution in [2.75, 3.05) is 6.54 Å². The lowest BCUT2D eigenvalue weighted by atomic mass is 10.0. The molecule has 78 valence electrons. The Balaban J connectivity index is 1.95. The maximum atomic E-state index is 4.15. The molecule has 1 N–H and O–H groups in total. The SMILES string of the molecule is CCn1cnnc1CC1CCCCN1. The molecule has 1 unspecified atom stereocenters. The zero-order chi connectivity index (χ0) is 9.80. The minimum Gasteiger partial charge on any atom is -0.318 e. The van der Waals surface area contributed by atoms with Crippen molar-refractivity contribution in [3.05, 3.63) is 12.2 Å². The van der Waals surface area contributed by atoms with E-state index >= 15 is 0 Å². The van der Waals surface area contributed by atoms with Gasteiger partial charge in [-0.2, -0.15) is 0 Å². The van der Waals surface area contributed by atoms with Crippen LogP contribution in [0.15, 0.2) is 6.33 Å². The van der Waals surface area contributed by atoms with E-state index in [1.165, 1.54) is 19.3 Å². The average Bonchev–Trinajstić information content (AvgIpc) is 2.67. The van der Waals surface area contributed by atoms with Crippen LogP contribution in [0.3, 0.4) is 0 Å². The molecule has 0 bridgehead atoms. The standard InChI is InChI=1S/C10H18N4/c1-2-14-8-12-13-10(14)7-9-5-3-4-6-11-9/h8-9,11H,2-7H2,1H3. The minimum atomic E-state index is 0.609. The van der Waals surface area contributed by atoms with Crippen molar-refractivity contribution in [1.82, 2.24) is 20.1 Å². The first-order valence-electron chi connectivity index (χ1n) is 5.50. The van der Waals surface area contributed by atoms with Gasteiger partial charge in [-0.15, -0.1) is 10.2 Å². The first-order valence-corrected chi connectivity index (χ1v) is 5.50. The van der Waals surface area contributed by atoms with Gasteiger partial charge in [0.15, 0.2) is 0 Å². The number of piperidine rings is 1. The molecule has 2 heterocycles. The van der Waals surface area contributed by atoms with Gasteiger partial charge in [0.05, 0.1) is 0 Å². The van der Waals surface area contributed by atoms with Crippen molar-refractivity contribution < 1.29 is 0 Å². The van der Waals surface area contributed by atoms with Crippen LogP contribution in [0, 0.1) is 0 Å². The molecule has 1 aromatic rings. The van der Waals surface area contributed by atoms with E-state index < -0.39 is 0 Å². The summed E-state index contributed by atoms with van der Waals surface area (Å²) >= 11 is 0. The van der Waals surface area contributed by atoms with Gasteiger partial charge < -0.3 is 9.88 Å². The number of hydrogen-bond donors (Lipinski definition) is 1. The lowest BCUT2D eigenvalue weighted by Crippen LogP contribution is -2.36. The molecule has 0 spiro atoms. The fourth-order valence-electron chi connectivity index (χ4n) is 2.02. The van der Waals surface area contributed by atoms with Crippen LogP contribution in [0.1, 0.15) is 32.0 Å². The summed E-state index contributed by atoms with van der Waals surface area (Å²) in [4.78, 5) is 0. The molecule has 4 nitrogen and oxygen atoms in total. The first-order chi connectivity index (χ1) is 6.90. The molecule has 1 aliphatic rings. The summed E-state index contributed by atoms with van der Waals surface area (Å²) in [5.74, 6) is 1.12. The molecule has 1 atom stereocenters. The number of hydrogen-bond acceptors (Lipinski definition) is 3. The molecule has 0 radical (unpaired) electrons. The highest BCUT2D eigenvalue weighted by Gasteiger charge is 2.15. The summed E-state index contributed by atoms with van der Waals surface area (Å²) in [6.07, 6.45) is 6.78. The summed E-state index contributed by atoms with van der Waals surface area (Å²) in [7, 11) is 0. The van der Waals surface area contributed by atoms with E-state index in [1.54, 1.807) is 0 Å². The van der Waals surface area contributed by atoms with Gasteiger partial charge in [-0.25, -0.2) is 0 Å². The molecule has 0 amide bonds. The molecule has 1 aromatic heterocycles. The van der Waals surface area contributed by atoms with E-state index in [9.17, 15) is 0 Å². The maximum Gasteiger partial charge on any atom is 0.134 e. The molecule has 1 aliphatic heterocycles. The second-order valence-corrected chi connectivity index (χ2v) is 3.88. The van der Waals surface area contributed by atoms with Gasteiger partial charge in [0, 0.05) is 19.0 Å². The smallest absolute Gasteiger partial charge is 0.134 e. The van der Waals surface area contributed by atoms with Crippen molar-refractivity contribution in [1.29, 1.82) is 0 Å². The molecule has 0 aromatic carbocycles. The Morgan fingerprint density at radius 2 is 2.50 bits per heavy atom. The Morgan fingerprint density at radius 3 is 3.21 bits per heavy atom. The number of nitrogens with one attached hydrogen (secondary N) is 1. The third kappa shape index (κ3) is 2.12. The fraction of sp³-hybridized carbons (Fsp3) is 0.800. The van der Waals surface area contributed by atoms with Crippen LogP contribution in [0.4, 0.5) is 0 Å². The average molecular weight is 194 g/mol. The van der Waals surface area contributed by atoms with Crippen LogP contribution in [0.25, 0.3) is 0 Å². The first kappa shape index (κ1) is 9.65. The van der Waals surface area contributed by atoms with Crippen LogP contribution < -0.4 is 5.32 Å². The van der Waals surface area contributed by atoms with Crippen molar-refractivity contribution in [3.63, 3.8) is 0 Å². The lowest BCUT2D eigenvalue weighted by molar-refractivity contribution is 0.390. The molecule has 1 saturated heterocycles. The van der Waals surface area contributed by atoms with E-state index in [0.29, 0.717) is 6.04 Å².